The Balaban J connectivity index is 3.04. The van der Waals surface area contributed by atoms with Gasteiger partial charge in [-0.15, -0.1) is 5.73 Å². The van der Waals surface area contributed by atoms with Crippen LogP contribution in [0.25, 0.3) is 0 Å². The van der Waals surface area contributed by atoms with Crippen molar-refractivity contribution in [3.8, 4) is 0 Å². The van der Waals surface area contributed by atoms with Gasteiger partial charge in [-0.05, 0) is 38.2 Å². The van der Waals surface area contributed by atoms with Crippen molar-refractivity contribution in [2.45, 2.75) is 58.3 Å². The van der Waals surface area contributed by atoms with Crippen LogP contribution in [0.1, 0.15) is 58.3 Å². The smallest absolute Gasteiger partial charge is 0.0275 e. The van der Waals surface area contributed by atoms with E-state index in [-0.39, 0.29) is 0 Å². The monoisotopic (exact) mass is 192 g/mol. The van der Waals surface area contributed by atoms with E-state index in [2.05, 4.69) is 31.4 Å². The SMILES string of the molecule is C=C=CCCCCCC=CCCCC. The highest BCUT2D eigenvalue weighted by Crippen LogP contribution is 2.05. The van der Waals surface area contributed by atoms with Crippen LogP contribution in [0, 0.1) is 0 Å². The second kappa shape index (κ2) is 12.3. The molecule has 0 aromatic carbocycles. The van der Waals surface area contributed by atoms with E-state index in [1.165, 1.54) is 44.9 Å². The molecule has 0 spiro atoms. The molecule has 0 radical (unpaired) electrons. The van der Waals surface area contributed by atoms with E-state index >= 15 is 0 Å². The fraction of sp³-hybridized carbons (Fsp3) is 0.643. The molecule has 80 valence electrons. The van der Waals surface area contributed by atoms with Crippen molar-refractivity contribution in [3.63, 3.8) is 0 Å². The third kappa shape index (κ3) is 11.3. The van der Waals surface area contributed by atoms with Gasteiger partial charge in [0.2, 0.25) is 0 Å². The molecule has 0 heteroatoms. The lowest BCUT2D eigenvalue weighted by Crippen LogP contribution is -1.74. The van der Waals surface area contributed by atoms with Crippen molar-refractivity contribution in [3.05, 3.63) is 30.5 Å². The molecule has 0 aromatic rings. The lowest BCUT2D eigenvalue weighted by atomic mass is 10.1. The Morgan fingerprint density at radius 2 is 1.57 bits per heavy atom. The van der Waals surface area contributed by atoms with Crippen molar-refractivity contribution in [2.24, 2.45) is 0 Å². The maximum atomic E-state index is 3.54. The van der Waals surface area contributed by atoms with Crippen molar-refractivity contribution >= 4 is 0 Å². The third-order valence-electron chi connectivity index (χ3n) is 2.25. The minimum Gasteiger partial charge on any atom is -0.133 e. The first-order valence-corrected chi connectivity index (χ1v) is 5.91. The van der Waals surface area contributed by atoms with Gasteiger partial charge in [-0.1, -0.05) is 44.9 Å². The number of hydrogen-bond donors (Lipinski definition) is 0. The zero-order valence-corrected chi connectivity index (χ0v) is 9.60. The van der Waals surface area contributed by atoms with Gasteiger partial charge in [0, 0.05) is 0 Å². The molecule has 0 heterocycles. The Morgan fingerprint density at radius 3 is 2.21 bits per heavy atom. The van der Waals surface area contributed by atoms with Crippen molar-refractivity contribution in [2.75, 3.05) is 0 Å². The summed E-state index contributed by atoms with van der Waals surface area (Å²) in [5.74, 6) is 0. The van der Waals surface area contributed by atoms with E-state index in [4.69, 9.17) is 0 Å². The van der Waals surface area contributed by atoms with Gasteiger partial charge in [0.25, 0.3) is 0 Å². The Bertz CT molecular complexity index is 170. The van der Waals surface area contributed by atoms with Gasteiger partial charge in [-0.3, -0.25) is 0 Å². The molecule has 0 saturated heterocycles. The van der Waals surface area contributed by atoms with Crippen LogP contribution < -0.4 is 0 Å². The molecular formula is C14H24. The lowest BCUT2D eigenvalue weighted by Gasteiger charge is -1.94. The topological polar surface area (TPSA) is 0 Å². The van der Waals surface area contributed by atoms with Crippen LogP contribution in [-0.2, 0) is 0 Å². The first-order valence-electron chi connectivity index (χ1n) is 5.91. The number of allylic oxidation sites excluding steroid dienone is 3. The van der Waals surface area contributed by atoms with Crippen LogP contribution in [0.3, 0.4) is 0 Å². The molecule has 14 heavy (non-hydrogen) atoms. The maximum absolute atomic E-state index is 3.54. The van der Waals surface area contributed by atoms with E-state index in [0.29, 0.717) is 0 Å². The van der Waals surface area contributed by atoms with Gasteiger partial charge in [0.15, 0.2) is 0 Å². The highest BCUT2D eigenvalue weighted by Gasteiger charge is 1.85. The normalized spacial score (nSPS) is 10.4. The molecule has 0 aliphatic carbocycles. The summed E-state index contributed by atoms with van der Waals surface area (Å²) in [5, 5.41) is 0. The van der Waals surface area contributed by atoms with Crippen molar-refractivity contribution in [1.29, 1.82) is 0 Å². The Kier molecular flexibility index (Phi) is 11.6. The largest absolute Gasteiger partial charge is 0.133 e. The zero-order chi connectivity index (χ0) is 10.5. The fourth-order valence-electron chi connectivity index (χ4n) is 1.35. The average Bonchev–Trinajstić information content (AvgIpc) is 2.21. The average molecular weight is 192 g/mol. The summed E-state index contributed by atoms with van der Waals surface area (Å²) in [6.45, 7) is 5.78. The zero-order valence-electron chi connectivity index (χ0n) is 9.60. The maximum Gasteiger partial charge on any atom is -0.0275 e. The Hall–Kier alpha value is -0.740. The standard InChI is InChI=1S/C14H24/c1-3-5-7-9-11-13-14-12-10-8-6-4-2/h5,10,12H,1,4,6-9,11,13-14H2,2H3. The van der Waals surface area contributed by atoms with E-state index in [1.807, 2.05) is 6.08 Å². The predicted molar refractivity (Wildman–Crippen MR) is 65.5 cm³/mol. The molecule has 0 N–H and O–H groups in total. The second-order valence-electron chi connectivity index (χ2n) is 3.66. The molecule has 0 saturated carbocycles. The van der Waals surface area contributed by atoms with Crippen LogP contribution in [0.15, 0.2) is 30.5 Å². The highest BCUT2D eigenvalue weighted by atomic mass is 13.9. The highest BCUT2D eigenvalue weighted by molar-refractivity contribution is 4.81. The molecule has 0 aliphatic heterocycles. The van der Waals surface area contributed by atoms with Gasteiger partial charge in [0.1, 0.15) is 0 Å². The molecule has 0 unspecified atom stereocenters. The third-order valence-corrected chi connectivity index (χ3v) is 2.25. The summed E-state index contributed by atoms with van der Waals surface area (Å²) in [6.07, 6.45) is 16.9. The lowest BCUT2D eigenvalue weighted by molar-refractivity contribution is 0.694. The summed E-state index contributed by atoms with van der Waals surface area (Å²) >= 11 is 0. The number of unbranched alkanes of at least 4 members (excludes halogenated alkanes) is 6. The molecule has 0 fully saturated rings. The molecule has 0 aliphatic rings. The first-order chi connectivity index (χ1) is 6.91. The van der Waals surface area contributed by atoms with E-state index in [1.54, 1.807) is 0 Å². The van der Waals surface area contributed by atoms with Crippen LogP contribution in [0.5, 0.6) is 0 Å². The van der Waals surface area contributed by atoms with Crippen molar-refractivity contribution in [1.82, 2.24) is 0 Å². The molecule has 0 atom stereocenters. The van der Waals surface area contributed by atoms with E-state index < -0.39 is 0 Å². The van der Waals surface area contributed by atoms with Gasteiger partial charge in [-0.2, -0.15) is 0 Å². The minimum absolute atomic E-state index is 1.14. The van der Waals surface area contributed by atoms with Gasteiger partial charge >= 0.3 is 0 Å². The molecule has 0 amide bonds. The summed E-state index contributed by atoms with van der Waals surface area (Å²) in [7, 11) is 0. The number of rotatable bonds is 9. The van der Waals surface area contributed by atoms with Crippen molar-refractivity contribution < 1.29 is 0 Å². The molecular weight excluding hydrogens is 168 g/mol. The van der Waals surface area contributed by atoms with Crippen LogP contribution >= 0.6 is 0 Å². The van der Waals surface area contributed by atoms with Crippen LogP contribution in [-0.4, -0.2) is 0 Å². The van der Waals surface area contributed by atoms with Gasteiger partial charge < -0.3 is 0 Å². The second-order valence-corrected chi connectivity index (χ2v) is 3.66. The molecule has 0 rings (SSSR count). The quantitative estimate of drug-likeness (QED) is 0.273. The van der Waals surface area contributed by atoms with E-state index in [9.17, 15) is 0 Å². The van der Waals surface area contributed by atoms with Gasteiger partial charge in [0.05, 0.1) is 0 Å². The summed E-state index contributed by atoms with van der Waals surface area (Å²) in [5.41, 5.74) is 2.80. The first kappa shape index (κ1) is 13.3. The predicted octanol–water partition coefficient (Wildman–Crippen LogP) is 5.02. The summed E-state index contributed by atoms with van der Waals surface area (Å²) in [6, 6.07) is 0. The Morgan fingerprint density at radius 1 is 0.929 bits per heavy atom. The van der Waals surface area contributed by atoms with Crippen LogP contribution in [0.2, 0.25) is 0 Å². The fourth-order valence-corrected chi connectivity index (χ4v) is 1.35. The molecule has 0 bridgehead atoms. The van der Waals surface area contributed by atoms with Crippen LogP contribution in [0.4, 0.5) is 0 Å². The van der Waals surface area contributed by atoms with Gasteiger partial charge in [-0.25, -0.2) is 0 Å². The molecule has 0 aromatic heterocycles. The molecule has 0 nitrogen and oxygen atoms in total. The number of hydrogen-bond acceptors (Lipinski definition) is 0. The Labute approximate surface area is 89.4 Å². The summed E-state index contributed by atoms with van der Waals surface area (Å²) < 4.78 is 0. The van der Waals surface area contributed by atoms with E-state index in [0.717, 1.165) is 6.42 Å². The summed E-state index contributed by atoms with van der Waals surface area (Å²) in [4.78, 5) is 0. The minimum atomic E-state index is 1.14.